The van der Waals surface area contributed by atoms with Crippen molar-refractivity contribution in [2.24, 2.45) is 0 Å². The number of ether oxygens (including phenoxy) is 1. The Morgan fingerprint density at radius 3 is 2.47 bits per heavy atom. The molecule has 0 radical (unpaired) electrons. The number of hydrogen-bond donors (Lipinski definition) is 0. The van der Waals surface area contributed by atoms with E-state index in [9.17, 15) is 18.0 Å². The Labute approximate surface area is 92.2 Å². The highest BCUT2D eigenvalue weighted by atomic mass is 79.9. The molecule has 82 valence electrons. The molecule has 2 nitrogen and oxygen atoms in total. The van der Waals surface area contributed by atoms with Crippen molar-refractivity contribution in [1.82, 2.24) is 0 Å². The van der Waals surface area contributed by atoms with E-state index in [1.54, 1.807) is 0 Å². The molecular weight excluding hydrogens is 277 g/mol. The van der Waals surface area contributed by atoms with Crippen LogP contribution in [0.5, 0.6) is 5.75 Å². The highest BCUT2D eigenvalue weighted by Crippen LogP contribution is 2.32. The second-order valence-corrected chi connectivity index (χ2v) is 3.50. The molecule has 1 aromatic carbocycles. The third-order valence-corrected chi connectivity index (χ3v) is 2.30. The van der Waals surface area contributed by atoms with Gasteiger partial charge in [-0.05, 0) is 28.1 Å². The van der Waals surface area contributed by atoms with E-state index >= 15 is 0 Å². The number of carbonyl (C=O) groups excluding carboxylic acids is 1. The minimum absolute atomic E-state index is 0.111. The van der Waals surface area contributed by atoms with E-state index in [1.807, 2.05) is 0 Å². The molecular formula is C9H6BrF3O2. The zero-order valence-corrected chi connectivity index (χ0v) is 9.15. The Hall–Kier alpha value is -1.04. The average Bonchev–Trinajstić information content (AvgIpc) is 2.14. The van der Waals surface area contributed by atoms with Crippen LogP contribution in [0.3, 0.4) is 0 Å². The fourth-order valence-electron chi connectivity index (χ4n) is 1.05. The van der Waals surface area contributed by atoms with Crippen LogP contribution in [0, 0.1) is 0 Å². The van der Waals surface area contributed by atoms with E-state index < -0.39 is 17.5 Å². The van der Waals surface area contributed by atoms with Gasteiger partial charge in [-0.2, -0.15) is 13.2 Å². The lowest BCUT2D eigenvalue weighted by Crippen LogP contribution is -2.23. The number of hydrogen-bond acceptors (Lipinski definition) is 2. The number of benzene rings is 1. The van der Waals surface area contributed by atoms with Crippen LogP contribution in [0.4, 0.5) is 13.2 Å². The molecule has 0 atom stereocenters. The molecule has 0 N–H and O–H groups in total. The number of para-hydroxylation sites is 1. The summed E-state index contributed by atoms with van der Waals surface area (Å²) in [5, 5.41) is 0. The molecule has 0 amide bonds. The minimum Gasteiger partial charge on any atom is -0.495 e. The molecule has 0 unspecified atom stereocenters. The molecule has 0 spiro atoms. The van der Waals surface area contributed by atoms with Crippen LogP contribution in [0.25, 0.3) is 0 Å². The maximum absolute atomic E-state index is 12.2. The highest BCUT2D eigenvalue weighted by molar-refractivity contribution is 9.10. The predicted octanol–water partition coefficient (Wildman–Crippen LogP) is 3.20. The normalized spacial score (nSPS) is 11.3. The minimum atomic E-state index is -4.89. The number of rotatable bonds is 2. The second-order valence-electron chi connectivity index (χ2n) is 2.65. The van der Waals surface area contributed by atoms with Crippen molar-refractivity contribution in [3.05, 3.63) is 28.2 Å². The lowest BCUT2D eigenvalue weighted by molar-refractivity contribution is -0.0886. The predicted molar refractivity (Wildman–Crippen MR) is 51.1 cm³/mol. The summed E-state index contributed by atoms with van der Waals surface area (Å²) >= 11 is 3.00. The zero-order valence-electron chi connectivity index (χ0n) is 7.56. The van der Waals surface area contributed by atoms with Gasteiger partial charge in [0, 0.05) is 0 Å². The summed E-state index contributed by atoms with van der Waals surface area (Å²) in [6.45, 7) is 0. The van der Waals surface area contributed by atoms with Gasteiger partial charge in [-0.25, -0.2) is 0 Å². The molecule has 15 heavy (non-hydrogen) atoms. The van der Waals surface area contributed by atoms with Crippen LogP contribution in [0.15, 0.2) is 22.7 Å². The second kappa shape index (κ2) is 4.22. The first-order valence-electron chi connectivity index (χ1n) is 3.82. The van der Waals surface area contributed by atoms with Crippen molar-refractivity contribution in [1.29, 1.82) is 0 Å². The van der Waals surface area contributed by atoms with Gasteiger partial charge in [-0.1, -0.05) is 6.07 Å². The molecule has 0 saturated carbocycles. The van der Waals surface area contributed by atoms with E-state index in [0.717, 1.165) is 6.07 Å². The monoisotopic (exact) mass is 282 g/mol. The molecule has 0 heterocycles. The molecule has 0 aliphatic heterocycles. The topological polar surface area (TPSA) is 26.3 Å². The smallest absolute Gasteiger partial charge is 0.455 e. The number of alkyl halides is 3. The molecule has 0 aromatic heterocycles. The van der Waals surface area contributed by atoms with Crippen molar-refractivity contribution < 1.29 is 22.7 Å². The molecule has 1 rings (SSSR count). The van der Waals surface area contributed by atoms with Crippen LogP contribution >= 0.6 is 15.9 Å². The SMILES string of the molecule is COc1c(Br)cccc1C(=O)C(F)(F)F. The summed E-state index contributed by atoms with van der Waals surface area (Å²) in [5.74, 6) is -2.03. The van der Waals surface area contributed by atoms with Crippen LogP contribution in [0.1, 0.15) is 10.4 Å². The Kier molecular flexibility index (Phi) is 3.38. The van der Waals surface area contributed by atoms with E-state index in [0.29, 0.717) is 4.47 Å². The molecule has 0 saturated heterocycles. The zero-order chi connectivity index (χ0) is 11.6. The third-order valence-electron chi connectivity index (χ3n) is 1.67. The van der Waals surface area contributed by atoms with Gasteiger partial charge < -0.3 is 4.74 Å². The van der Waals surface area contributed by atoms with Crippen molar-refractivity contribution >= 4 is 21.7 Å². The van der Waals surface area contributed by atoms with Crippen molar-refractivity contribution in [2.75, 3.05) is 7.11 Å². The highest BCUT2D eigenvalue weighted by Gasteiger charge is 2.41. The summed E-state index contributed by atoms with van der Waals surface area (Å²) in [6, 6.07) is 3.90. The fraction of sp³-hybridized carbons (Fsp3) is 0.222. The van der Waals surface area contributed by atoms with Gasteiger partial charge in [0.05, 0.1) is 17.1 Å². The first-order chi connectivity index (χ1) is 6.88. The van der Waals surface area contributed by atoms with Gasteiger partial charge in [0.25, 0.3) is 5.78 Å². The number of halogens is 4. The molecule has 6 heteroatoms. The van der Waals surface area contributed by atoms with E-state index in [2.05, 4.69) is 15.9 Å². The number of ketones is 1. The Bertz CT molecular complexity index is 387. The number of carbonyl (C=O) groups is 1. The van der Waals surface area contributed by atoms with Crippen molar-refractivity contribution in [2.45, 2.75) is 6.18 Å². The van der Waals surface area contributed by atoms with Crippen LogP contribution in [-0.4, -0.2) is 19.1 Å². The van der Waals surface area contributed by atoms with E-state index in [4.69, 9.17) is 4.74 Å². The number of Topliss-reactive ketones (excluding diaryl/α,β-unsaturated/α-hetero) is 1. The van der Waals surface area contributed by atoms with Crippen LogP contribution in [0.2, 0.25) is 0 Å². The maximum Gasteiger partial charge on any atom is 0.455 e. The van der Waals surface area contributed by atoms with Gasteiger partial charge in [0.2, 0.25) is 0 Å². The quantitative estimate of drug-likeness (QED) is 0.779. The first kappa shape index (κ1) is 12.0. The lowest BCUT2D eigenvalue weighted by atomic mass is 10.1. The summed E-state index contributed by atoms with van der Waals surface area (Å²) in [4.78, 5) is 11.0. The molecule has 0 bridgehead atoms. The van der Waals surface area contributed by atoms with E-state index in [-0.39, 0.29) is 5.75 Å². The lowest BCUT2D eigenvalue weighted by Gasteiger charge is -2.10. The molecule has 0 fully saturated rings. The fourth-order valence-corrected chi connectivity index (χ4v) is 1.58. The molecule has 0 aliphatic rings. The standard InChI is InChI=1S/C9H6BrF3O2/c1-15-7-5(3-2-4-6(7)10)8(14)9(11,12)13/h2-4H,1H3. The Balaban J connectivity index is 3.26. The summed E-state index contributed by atoms with van der Waals surface area (Å²) in [5.41, 5.74) is -0.501. The average molecular weight is 283 g/mol. The molecule has 0 aliphatic carbocycles. The van der Waals surface area contributed by atoms with Gasteiger partial charge in [-0.15, -0.1) is 0 Å². The van der Waals surface area contributed by atoms with Crippen LogP contribution in [-0.2, 0) is 0 Å². The summed E-state index contributed by atoms with van der Waals surface area (Å²) < 4.78 is 41.5. The first-order valence-corrected chi connectivity index (χ1v) is 4.61. The largest absolute Gasteiger partial charge is 0.495 e. The summed E-state index contributed by atoms with van der Waals surface area (Å²) in [7, 11) is 1.20. The Morgan fingerprint density at radius 2 is 2.00 bits per heavy atom. The number of methoxy groups -OCH3 is 1. The van der Waals surface area contributed by atoms with Crippen LogP contribution < -0.4 is 4.74 Å². The van der Waals surface area contributed by atoms with Crippen molar-refractivity contribution in [3.8, 4) is 5.75 Å². The van der Waals surface area contributed by atoms with Crippen molar-refractivity contribution in [3.63, 3.8) is 0 Å². The Morgan fingerprint density at radius 1 is 1.40 bits per heavy atom. The maximum atomic E-state index is 12.2. The van der Waals surface area contributed by atoms with Gasteiger partial charge in [0.15, 0.2) is 0 Å². The third kappa shape index (κ3) is 2.50. The van der Waals surface area contributed by atoms with Gasteiger partial charge in [-0.3, -0.25) is 4.79 Å². The van der Waals surface area contributed by atoms with Gasteiger partial charge >= 0.3 is 6.18 Å². The van der Waals surface area contributed by atoms with E-state index in [1.165, 1.54) is 19.2 Å². The summed E-state index contributed by atoms with van der Waals surface area (Å²) in [6.07, 6.45) is -4.89. The van der Waals surface area contributed by atoms with Gasteiger partial charge in [0.1, 0.15) is 5.75 Å². The molecule has 1 aromatic rings.